The summed E-state index contributed by atoms with van der Waals surface area (Å²) in [4.78, 5) is 0. The molecule has 0 saturated heterocycles. The molecule has 0 rings (SSSR count). The molecule has 0 aliphatic carbocycles. The van der Waals surface area contributed by atoms with E-state index in [0.29, 0.717) is 0 Å². The highest BCUT2D eigenvalue weighted by atomic mass is 14.1. The first kappa shape index (κ1) is 13.7. The smallest absolute Gasteiger partial charge is 0.0322 e. The van der Waals surface area contributed by atoms with Crippen molar-refractivity contribution in [3.63, 3.8) is 0 Å². The molecule has 0 N–H and O–H groups in total. The van der Waals surface area contributed by atoms with Gasteiger partial charge in [-0.15, -0.1) is 0 Å². The fourth-order valence-corrected chi connectivity index (χ4v) is 1.88. The zero-order valence-corrected chi connectivity index (χ0v) is 10.4. The van der Waals surface area contributed by atoms with Crippen LogP contribution in [0.1, 0.15) is 72.1 Å². The molecule has 1 atom stereocenters. The second-order valence-electron chi connectivity index (χ2n) is 4.31. The van der Waals surface area contributed by atoms with Gasteiger partial charge >= 0.3 is 0 Å². The van der Waals surface area contributed by atoms with Crippen LogP contribution in [0.15, 0.2) is 12.2 Å². The van der Waals surface area contributed by atoms with Crippen molar-refractivity contribution in [1.29, 1.82) is 0 Å². The lowest BCUT2D eigenvalue weighted by Crippen LogP contribution is -1.99. The standard InChI is InChI=1S/C14H28/c1-4-7-10-13-14(11-8-5-2)12-9-6-3/h5,8,14H,4,6-7,9-13H2,1-3H3/b8-5+. The highest BCUT2D eigenvalue weighted by Crippen LogP contribution is 2.20. The summed E-state index contributed by atoms with van der Waals surface area (Å²) in [5, 5.41) is 0. The molecule has 0 radical (unpaired) electrons. The quantitative estimate of drug-likeness (QED) is 0.345. The van der Waals surface area contributed by atoms with E-state index in [-0.39, 0.29) is 0 Å². The van der Waals surface area contributed by atoms with Gasteiger partial charge in [0.2, 0.25) is 0 Å². The first-order valence-corrected chi connectivity index (χ1v) is 6.46. The van der Waals surface area contributed by atoms with Crippen LogP contribution in [0, 0.1) is 5.92 Å². The van der Waals surface area contributed by atoms with E-state index in [1.807, 2.05) is 0 Å². The largest absolute Gasteiger partial charge is 0.0917 e. The Morgan fingerprint density at radius 2 is 1.57 bits per heavy atom. The van der Waals surface area contributed by atoms with E-state index in [1.165, 1.54) is 51.4 Å². The van der Waals surface area contributed by atoms with Gasteiger partial charge in [-0.3, -0.25) is 0 Å². The van der Waals surface area contributed by atoms with Gasteiger partial charge in [0.15, 0.2) is 0 Å². The van der Waals surface area contributed by atoms with Gasteiger partial charge < -0.3 is 0 Å². The second kappa shape index (κ2) is 10.8. The van der Waals surface area contributed by atoms with Crippen molar-refractivity contribution in [3.05, 3.63) is 12.2 Å². The van der Waals surface area contributed by atoms with Crippen LogP contribution in [0.25, 0.3) is 0 Å². The van der Waals surface area contributed by atoms with E-state index < -0.39 is 0 Å². The maximum absolute atomic E-state index is 2.34. The lowest BCUT2D eigenvalue weighted by molar-refractivity contribution is 0.418. The summed E-state index contributed by atoms with van der Waals surface area (Å²) in [6.07, 6.45) is 15.7. The molecule has 0 aliphatic rings. The zero-order chi connectivity index (χ0) is 10.6. The molecule has 0 nitrogen and oxygen atoms in total. The van der Waals surface area contributed by atoms with Crippen molar-refractivity contribution >= 4 is 0 Å². The van der Waals surface area contributed by atoms with Crippen LogP contribution in [0.3, 0.4) is 0 Å². The summed E-state index contributed by atoms with van der Waals surface area (Å²) >= 11 is 0. The number of hydrogen-bond donors (Lipinski definition) is 0. The molecule has 0 heterocycles. The Hall–Kier alpha value is -0.260. The summed E-state index contributed by atoms with van der Waals surface area (Å²) in [5.74, 6) is 0.956. The molecule has 0 heteroatoms. The van der Waals surface area contributed by atoms with E-state index in [4.69, 9.17) is 0 Å². The Labute approximate surface area is 90.8 Å². The van der Waals surface area contributed by atoms with Crippen LogP contribution in [-0.4, -0.2) is 0 Å². The molecule has 14 heavy (non-hydrogen) atoms. The second-order valence-corrected chi connectivity index (χ2v) is 4.31. The summed E-state index contributed by atoms with van der Waals surface area (Å²) in [6, 6.07) is 0. The van der Waals surface area contributed by atoms with Crippen LogP contribution >= 0.6 is 0 Å². The number of allylic oxidation sites excluding steroid dienone is 2. The fraction of sp³-hybridized carbons (Fsp3) is 0.857. The van der Waals surface area contributed by atoms with Crippen LogP contribution in [0.2, 0.25) is 0 Å². The minimum Gasteiger partial charge on any atom is -0.0917 e. The van der Waals surface area contributed by atoms with Crippen molar-refractivity contribution in [2.45, 2.75) is 72.1 Å². The van der Waals surface area contributed by atoms with Gasteiger partial charge in [-0.05, 0) is 19.3 Å². The van der Waals surface area contributed by atoms with Crippen LogP contribution < -0.4 is 0 Å². The lowest BCUT2D eigenvalue weighted by atomic mass is 9.92. The molecule has 0 aliphatic heterocycles. The Morgan fingerprint density at radius 3 is 2.14 bits per heavy atom. The predicted octanol–water partition coefficient (Wildman–Crippen LogP) is 5.34. The topological polar surface area (TPSA) is 0 Å². The molecule has 0 spiro atoms. The zero-order valence-electron chi connectivity index (χ0n) is 10.4. The van der Waals surface area contributed by atoms with E-state index in [2.05, 4.69) is 32.9 Å². The highest BCUT2D eigenvalue weighted by molar-refractivity contribution is 4.80. The molecule has 84 valence electrons. The summed E-state index contributed by atoms with van der Waals surface area (Å²) in [6.45, 7) is 6.70. The third-order valence-corrected chi connectivity index (χ3v) is 2.89. The summed E-state index contributed by atoms with van der Waals surface area (Å²) in [7, 11) is 0. The molecule has 0 fully saturated rings. The summed E-state index contributed by atoms with van der Waals surface area (Å²) in [5.41, 5.74) is 0. The number of rotatable bonds is 9. The van der Waals surface area contributed by atoms with Crippen LogP contribution in [0.5, 0.6) is 0 Å². The highest BCUT2D eigenvalue weighted by Gasteiger charge is 2.05. The molecule has 0 saturated carbocycles. The number of unbranched alkanes of at least 4 members (excludes halogenated alkanes) is 3. The molecule has 1 unspecified atom stereocenters. The maximum Gasteiger partial charge on any atom is -0.0322 e. The van der Waals surface area contributed by atoms with Crippen LogP contribution in [0.4, 0.5) is 0 Å². The van der Waals surface area contributed by atoms with Crippen molar-refractivity contribution in [2.24, 2.45) is 5.92 Å². The third-order valence-electron chi connectivity index (χ3n) is 2.89. The average Bonchev–Trinajstić information content (AvgIpc) is 2.21. The normalized spacial score (nSPS) is 13.6. The predicted molar refractivity (Wildman–Crippen MR) is 66.6 cm³/mol. The SMILES string of the molecule is C/C=C/CC(CCCC)CCCCC. The Bertz CT molecular complexity index is 124. The van der Waals surface area contributed by atoms with Gasteiger partial charge in [-0.25, -0.2) is 0 Å². The monoisotopic (exact) mass is 196 g/mol. The van der Waals surface area contributed by atoms with E-state index in [9.17, 15) is 0 Å². The molecule has 0 aromatic heterocycles. The lowest BCUT2D eigenvalue weighted by Gasteiger charge is -2.14. The van der Waals surface area contributed by atoms with Gasteiger partial charge in [-0.2, -0.15) is 0 Å². The molecular formula is C14H28. The van der Waals surface area contributed by atoms with Gasteiger partial charge in [0.05, 0.1) is 0 Å². The van der Waals surface area contributed by atoms with Gasteiger partial charge in [0.1, 0.15) is 0 Å². The minimum absolute atomic E-state index is 0.956. The Morgan fingerprint density at radius 1 is 0.929 bits per heavy atom. The first-order valence-electron chi connectivity index (χ1n) is 6.46. The molecule has 0 bridgehead atoms. The minimum atomic E-state index is 0.956. The molecule has 0 aromatic carbocycles. The molecular weight excluding hydrogens is 168 g/mol. The maximum atomic E-state index is 2.34. The van der Waals surface area contributed by atoms with Crippen molar-refractivity contribution < 1.29 is 0 Å². The van der Waals surface area contributed by atoms with Crippen molar-refractivity contribution in [1.82, 2.24) is 0 Å². The average molecular weight is 196 g/mol. The van der Waals surface area contributed by atoms with Gasteiger partial charge in [0.25, 0.3) is 0 Å². The van der Waals surface area contributed by atoms with E-state index in [1.54, 1.807) is 0 Å². The van der Waals surface area contributed by atoms with E-state index >= 15 is 0 Å². The van der Waals surface area contributed by atoms with Gasteiger partial charge in [0, 0.05) is 0 Å². The van der Waals surface area contributed by atoms with Crippen LogP contribution in [-0.2, 0) is 0 Å². The van der Waals surface area contributed by atoms with Crippen molar-refractivity contribution in [2.75, 3.05) is 0 Å². The van der Waals surface area contributed by atoms with Crippen molar-refractivity contribution in [3.8, 4) is 0 Å². The van der Waals surface area contributed by atoms with Gasteiger partial charge in [-0.1, -0.05) is 70.9 Å². The fourth-order valence-electron chi connectivity index (χ4n) is 1.88. The molecule has 0 aromatic rings. The number of hydrogen-bond acceptors (Lipinski definition) is 0. The third kappa shape index (κ3) is 8.34. The van der Waals surface area contributed by atoms with E-state index in [0.717, 1.165) is 5.92 Å². The first-order chi connectivity index (χ1) is 6.85. The Balaban J connectivity index is 3.60. The summed E-state index contributed by atoms with van der Waals surface area (Å²) < 4.78 is 0. The molecule has 0 amide bonds. The Kier molecular flexibility index (Phi) is 10.6.